The Labute approximate surface area is 143 Å². The fourth-order valence-corrected chi connectivity index (χ4v) is 3.59. The van der Waals surface area contributed by atoms with E-state index in [-0.39, 0.29) is 5.91 Å². The molecule has 0 aliphatic rings. The van der Waals surface area contributed by atoms with E-state index in [4.69, 9.17) is 9.47 Å². The Kier molecular flexibility index (Phi) is 4.40. The minimum absolute atomic E-state index is 0.357. The number of amides is 1. The Bertz CT molecular complexity index is 986. The van der Waals surface area contributed by atoms with Gasteiger partial charge in [0.05, 0.1) is 30.0 Å². The summed E-state index contributed by atoms with van der Waals surface area (Å²) in [4.78, 5) is 17.6. The first-order valence-corrected chi connectivity index (χ1v) is 8.22. The summed E-state index contributed by atoms with van der Waals surface area (Å²) in [6.07, 6.45) is 0. The first-order valence-electron chi connectivity index (χ1n) is 7.40. The van der Waals surface area contributed by atoms with E-state index in [1.165, 1.54) is 24.0 Å². The summed E-state index contributed by atoms with van der Waals surface area (Å²) in [5.41, 5.74) is 2.61. The maximum absolute atomic E-state index is 12.6. The Morgan fingerprint density at radius 3 is 2.62 bits per heavy atom. The highest BCUT2D eigenvalue weighted by atomic mass is 32.1. The molecule has 0 N–H and O–H groups in total. The van der Waals surface area contributed by atoms with Crippen LogP contribution in [0.1, 0.15) is 15.9 Å². The highest BCUT2D eigenvalue weighted by Crippen LogP contribution is 2.25. The van der Waals surface area contributed by atoms with E-state index < -0.39 is 0 Å². The number of fused-ring (bicyclic) bond motifs is 1. The molecule has 0 aliphatic carbocycles. The normalized spacial score (nSPS) is 11.8. The molecule has 3 rings (SSSR count). The van der Waals surface area contributed by atoms with Crippen LogP contribution in [-0.4, -0.2) is 24.7 Å². The lowest BCUT2D eigenvalue weighted by Crippen LogP contribution is -2.13. The van der Waals surface area contributed by atoms with E-state index in [1.54, 1.807) is 25.3 Å². The maximum atomic E-state index is 12.6. The third-order valence-corrected chi connectivity index (χ3v) is 4.89. The minimum Gasteiger partial charge on any atom is -0.497 e. The number of hydrogen-bond acceptors (Lipinski definition) is 4. The topological polar surface area (TPSA) is 52.8 Å². The van der Waals surface area contributed by atoms with Gasteiger partial charge in [-0.1, -0.05) is 17.4 Å². The van der Waals surface area contributed by atoms with Crippen molar-refractivity contribution < 1.29 is 14.3 Å². The van der Waals surface area contributed by atoms with E-state index >= 15 is 0 Å². The molecule has 1 heterocycles. The van der Waals surface area contributed by atoms with Crippen molar-refractivity contribution in [2.75, 3.05) is 14.2 Å². The Morgan fingerprint density at radius 1 is 1.12 bits per heavy atom. The number of carbonyl (C=O) groups is 1. The van der Waals surface area contributed by atoms with Gasteiger partial charge in [0.25, 0.3) is 5.91 Å². The van der Waals surface area contributed by atoms with Crippen molar-refractivity contribution in [2.45, 2.75) is 6.92 Å². The average molecular weight is 342 g/mol. The molecule has 2 aromatic carbocycles. The molecule has 0 unspecified atom stereocenters. The van der Waals surface area contributed by atoms with Crippen LogP contribution in [0.25, 0.3) is 10.2 Å². The van der Waals surface area contributed by atoms with Gasteiger partial charge in [0.2, 0.25) is 0 Å². The van der Waals surface area contributed by atoms with E-state index in [9.17, 15) is 4.79 Å². The van der Waals surface area contributed by atoms with Gasteiger partial charge < -0.3 is 14.0 Å². The van der Waals surface area contributed by atoms with Crippen LogP contribution < -0.4 is 14.3 Å². The molecule has 24 heavy (non-hydrogen) atoms. The number of aryl methyl sites for hydroxylation is 2. The molecule has 5 nitrogen and oxygen atoms in total. The van der Waals surface area contributed by atoms with Crippen molar-refractivity contribution in [1.29, 1.82) is 0 Å². The summed E-state index contributed by atoms with van der Waals surface area (Å²) in [5.74, 6) is 0.708. The Hall–Kier alpha value is -2.60. The molecule has 0 fully saturated rings. The molecule has 124 valence electrons. The molecule has 0 radical (unpaired) electrons. The number of thiazole rings is 1. The molecule has 0 aliphatic heterocycles. The molecular formula is C18H18N2O3S. The molecule has 0 saturated heterocycles. The van der Waals surface area contributed by atoms with Crippen molar-refractivity contribution in [3.8, 4) is 11.5 Å². The van der Waals surface area contributed by atoms with E-state index in [2.05, 4.69) is 11.1 Å². The van der Waals surface area contributed by atoms with Crippen molar-refractivity contribution in [3.63, 3.8) is 0 Å². The largest absolute Gasteiger partial charge is 0.497 e. The molecule has 1 amide bonds. The van der Waals surface area contributed by atoms with Gasteiger partial charge in [0.15, 0.2) is 4.80 Å². The second-order valence-corrected chi connectivity index (χ2v) is 6.41. The van der Waals surface area contributed by atoms with Gasteiger partial charge in [0, 0.05) is 7.05 Å². The number of nitrogens with zero attached hydrogens (tertiary/aromatic N) is 2. The van der Waals surface area contributed by atoms with Gasteiger partial charge in [0.1, 0.15) is 11.5 Å². The lowest BCUT2D eigenvalue weighted by atomic mass is 10.2. The fraction of sp³-hybridized carbons (Fsp3) is 0.222. The van der Waals surface area contributed by atoms with E-state index in [1.807, 2.05) is 30.7 Å². The summed E-state index contributed by atoms with van der Waals surface area (Å²) in [6, 6.07) is 11.3. The smallest absolute Gasteiger partial charge is 0.283 e. The number of rotatable bonds is 3. The van der Waals surface area contributed by atoms with Gasteiger partial charge in [-0.05, 0) is 42.8 Å². The predicted molar refractivity (Wildman–Crippen MR) is 95.0 cm³/mol. The quantitative estimate of drug-likeness (QED) is 0.734. The molecule has 0 atom stereocenters. The van der Waals surface area contributed by atoms with Crippen LogP contribution in [0.15, 0.2) is 41.4 Å². The molecule has 0 spiro atoms. The van der Waals surface area contributed by atoms with Crippen LogP contribution in [0.2, 0.25) is 0 Å². The van der Waals surface area contributed by atoms with E-state index in [0.717, 1.165) is 10.2 Å². The van der Waals surface area contributed by atoms with Crippen LogP contribution in [-0.2, 0) is 7.05 Å². The van der Waals surface area contributed by atoms with Crippen LogP contribution in [0.5, 0.6) is 11.5 Å². The molecule has 3 aromatic rings. The zero-order valence-corrected chi connectivity index (χ0v) is 14.8. The Balaban J connectivity index is 2.12. The molecule has 0 bridgehead atoms. The fourth-order valence-electron chi connectivity index (χ4n) is 2.48. The molecular weight excluding hydrogens is 324 g/mol. The lowest BCUT2D eigenvalue weighted by Gasteiger charge is -2.07. The highest BCUT2D eigenvalue weighted by molar-refractivity contribution is 7.16. The van der Waals surface area contributed by atoms with Crippen LogP contribution >= 0.6 is 11.3 Å². The van der Waals surface area contributed by atoms with Crippen molar-refractivity contribution >= 4 is 27.5 Å². The first kappa shape index (κ1) is 16.3. The second-order valence-electron chi connectivity index (χ2n) is 5.40. The monoisotopic (exact) mass is 342 g/mol. The Morgan fingerprint density at radius 2 is 1.92 bits per heavy atom. The molecule has 1 aromatic heterocycles. The zero-order chi connectivity index (χ0) is 17.3. The van der Waals surface area contributed by atoms with Gasteiger partial charge >= 0.3 is 0 Å². The number of methoxy groups -OCH3 is 2. The third kappa shape index (κ3) is 2.92. The lowest BCUT2D eigenvalue weighted by molar-refractivity contribution is 0.0994. The number of carbonyl (C=O) groups excluding carboxylic acids is 1. The standard InChI is InChI=1S/C18H18N2O3S/c1-11-5-7-14-16(9-11)24-18(20(14)2)19-17(21)13-10-12(22-3)6-8-15(13)23-4/h5-10H,1-4H3. The maximum Gasteiger partial charge on any atom is 0.283 e. The van der Waals surface area contributed by atoms with Crippen LogP contribution in [0.4, 0.5) is 0 Å². The number of aromatic nitrogens is 1. The second kappa shape index (κ2) is 6.49. The molecule has 0 saturated carbocycles. The van der Waals surface area contributed by atoms with Crippen molar-refractivity contribution in [3.05, 3.63) is 52.3 Å². The third-order valence-electron chi connectivity index (χ3n) is 3.80. The average Bonchev–Trinajstić information content (AvgIpc) is 2.89. The SMILES string of the molecule is COc1ccc(OC)c(C(=O)N=c2sc3cc(C)ccc3n2C)c1. The summed E-state index contributed by atoms with van der Waals surface area (Å²) in [5, 5.41) is 0. The van der Waals surface area contributed by atoms with Gasteiger partial charge in [-0.2, -0.15) is 4.99 Å². The van der Waals surface area contributed by atoms with Crippen LogP contribution in [0.3, 0.4) is 0 Å². The zero-order valence-electron chi connectivity index (χ0n) is 14.0. The summed E-state index contributed by atoms with van der Waals surface area (Å²) >= 11 is 1.49. The predicted octanol–water partition coefficient (Wildman–Crippen LogP) is 3.31. The van der Waals surface area contributed by atoms with Crippen LogP contribution in [0, 0.1) is 6.92 Å². The summed E-state index contributed by atoms with van der Waals surface area (Å²) in [6.45, 7) is 2.04. The molecule has 6 heteroatoms. The van der Waals surface area contributed by atoms with Gasteiger partial charge in [-0.15, -0.1) is 0 Å². The van der Waals surface area contributed by atoms with Crippen molar-refractivity contribution in [2.24, 2.45) is 12.0 Å². The number of hydrogen-bond donors (Lipinski definition) is 0. The number of ether oxygens (including phenoxy) is 2. The van der Waals surface area contributed by atoms with Gasteiger partial charge in [-0.3, -0.25) is 4.79 Å². The summed E-state index contributed by atoms with van der Waals surface area (Å²) < 4.78 is 13.5. The summed E-state index contributed by atoms with van der Waals surface area (Å²) in [7, 11) is 4.99. The van der Waals surface area contributed by atoms with Crippen molar-refractivity contribution in [1.82, 2.24) is 4.57 Å². The number of benzene rings is 2. The van der Waals surface area contributed by atoms with Gasteiger partial charge in [-0.25, -0.2) is 0 Å². The van der Waals surface area contributed by atoms with E-state index in [0.29, 0.717) is 21.9 Å². The first-order chi connectivity index (χ1) is 11.5. The highest BCUT2D eigenvalue weighted by Gasteiger charge is 2.14. The minimum atomic E-state index is -0.357.